The van der Waals surface area contributed by atoms with Gasteiger partial charge in [0.2, 0.25) is 5.91 Å². The fraction of sp³-hybridized carbons (Fsp3) is 0.211. The average Bonchev–Trinajstić information content (AvgIpc) is 2.63. The van der Waals surface area contributed by atoms with E-state index in [-0.39, 0.29) is 11.8 Å². The van der Waals surface area contributed by atoms with Gasteiger partial charge >= 0.3 is 0 Å². The van der Waals surface area contributed by atoms with Gasteiger partial charge in [-0.1, -0.05) is 6.92 Å². The van der Waals surface area contributed by atoms with Crippen molar-refractivity contribution in [2.75, 3.05) is 12.4 Å². The summed E-state index contributed by atoms with van der Waals surface area (Å²) < 4.78 is 5.08. The molecular weight excluding hydrogens is 318 g/mol. The molecule has 0 aliphatic heterocycles. The van der Waals surface area contributed by atoms with E-state index in [4.69, 9.17) is 4.74 Å². The molecule has 2 aromatic rings. The Hall–Kier alpha value is -3.15. The lowest BCUT2D eigenvalue weighted by Gasteiger charge is -2.05. The molecule has 0 bridgehead atoms. The van der Waals surface area contributed by atoms with Crippen molar-refractivity contribution in [2.45, 2.75) is 19.8 Å². The summed E-state index contributed by atoms with van der Waals surface area (Å²) in [5.74, 6) is 0.396. The van der Waals surface area contributed by atoms with Crippen LogP contribution in [0.5, 0.6) is 5.75 Å². The number of hydrazone groups is 1. The highest BCUT2D eigenvalue weighted by atomic mass is 16.5. The summed E-state index contributed by atoms with van der Waals surface area (Å²) in [5.41, 5.74) is 4.43. The van der Waals surface area contributed by atoms with Gasteiger partial charge in [-0.25, -0.2) is 5.43 Å². The van der Waals surface area contributed by atoms with Crippen LogP contribution in [0.3, 0.4) is 0 Å². The predicted octanol–water partition coefficient (Wildman–Crippen LogP) is 3.20. The lowest BCUT2D eigenvalue weighted by atomic mass is 10.2. The fourth-order valence-corrected chi connectivity index (χ4v) is 2.08. The third kappa shape index (κ3) is 5.76. The summed E-state index contributed by atoms with van der Waals surface area (Å²) in [6.45, 7) is 1.94. The first-order valence-electron chi connectivity index (χ1n) is 7.99. The summed E-state index contributed by atoms with van der Waals surface area (Å²) >= 11 is 0. The van der Waals surface area contributed by atoms with Crippen LogP contribution in [-0.2, 0) is 4.79 Å². The van der Waals surface area contributed by atoms with Gasteiger partial charge in [0.05, 0.1) is 13.3 Å². The van der Waals surface area contributed by atoms with Gasteiger partial charge in [-0.05, 0) is 60.5 Å². The van der Waals surface area contributed by atoms with Crippen molar-refractivity contribution in [3.05, 3.63) is 59.7 Å². The number of carbonyl (C=O) groups is 2. The molecule has 0 unspecified atom stereocenters. The number of nitrogens with zero attached hydrogens (tertiary/aromatic N) is 1. The predicted molar refractivity (Wildman–Crippen MR) is 98.0 cm³/mol. The zero-order valence-electron chi connectivity index (χ0n) is 14.3. The fourth-order valence-electron chi connectivity index (χ4n) is 2.08. The Bertz CT molecular complexity index is 738. The largest absolute Gasteiger partial charge is 0.497 e. The van der Waals surface area contributed by atoms with Crippen molar-refractivity contribution in [3.63, 3.8) is 0 Å². The molecule has 0 atom stereocenters. The van der Waals surface area contributed by atoms with Crippen LogP contribution in [-0.4, -0.2) is 25.1 Å². The van der Waals surface area contributed by atoms with E-state index in [0.29, 0.717) is 17.7 Å². The zero-order valence-corrected chi connectivity index (χ0v) is 14.3. The number of anilines is 1. The minimum atomic E-state index is -0.323. The van der Waals surface area contributed by atoms with Crippen molar-refractivity contribution in [1.29, 1.82) is 0 Å². The van der Waals surface area contributed by atoms with E-state index in [2.05, 4.69) is 15.8 Å². The molecule has 0 aromatic heterocycles. The van der Waals surface area contributed by atoms with Gasteiger partial charge in [0.1, 0.15) is 5.75 Å². The molecule has 0 spiro atoms. The van der Waals surface area contributed by atoms with E-state index < -0.39 is 0 Å². The molecule has 0 radical (unpaired) electrons. The van der Waals surface area contributed by atoms with Crippen LogP contribution in [0.25, 0.3) is 0 Å². The van der Waals surface area contributed by atoms with Crippen LogP contribution in [0.15, 0.2) is 53.6 Å². The van der Waals surface area contributed by atoms with Crippen molar-refractivity contribution in [2.24, 2.45) is 5.10 Å². The third-order valence-electron chi connectivity index (χ3n) is 3.40. The summed E-state index contributed by atoms with van der Waals surface area (Å²) in [4.78, 5) is 23.6. The molecular formula is C19H21N3O3. The number of carbonyl (C=O) groups excluding carboxylic acids is 2. The molecule has 0 heterocycles. The number of hydrogen-bond acceptors (Lipinski definition) is 4. The smallest absolute Gasteiger partial charge is 0.271 e. The molecule has 0 fully saturated rings. The summed E-state index contributed by atoms with van der Waals surface area (Å²) in [6.07, 6.45) is 2.82. The van der Waals surface area contributed by atoms with Gasteiger partial charge in [-0.2, -0.15) is 5.10 Å². The summed E-state index contributed by atoms with van der Waals surface area (Å²) in [6, 6.07) is 14.0. The molecule has 6 heteroatoms. The van der Waals surface area contributed by atoms with E-state index in [9.17, 15) is 9.59 Å². The molecule has 2 aromatic carbocycles. The van der Waals surface area contributed by atoms with Crippen LogP contribution in [0.4, 0.5) is 5.69 Å². The highest BCUT2D eigenvalue weighted by molar-refractivity contribution is 5.96. The van der Waals surface area contributed by atoms with Gasteiger partial charge in [-0.15, -0.1) is 0 Å². The standard InChI is InChI=1S/C19H21N3O3/c1-3-4-18(23)21-16-9-7-15(8-10-16)19(24)22-20-13-14-5-11-17(25-2)12-6-14/h5-13H,3-4H2,1-2H3,(H,21,23)(H,22,24)/b20-13+. The second-order valence-corrected chi connectivity index (χ2v) is 5.35. The highest BCUT2D eigenvalue weighted by Gasteiger charge is 2.05. The van der Waals surface area contributed by atoms with Crippen molar-refractivity contribution < 1.29 is 14.3 Å². The Morgan fingerprint density at radius 1 is 1.08 bits per heavy atom. The number of ether oxygens (including phenoxy) is 1. The van der Waals surface area contributed by atoms with Crippen LogP contribution in [0, 0.1) is 0 Å². The first-order chi connectivity index (χ1) is 12.1. The maximum atomic E-state index is 12.0. The van der Waals surface area contributed by atoms with Crippen LogP contribution < -0.4 is 15.5 Å². The van der Waals surface area contributed by atoms with Crippen molar-refractivity contribution in [1.82, 2.24) is 5.43 Å². The molecule has 25 heavy (non-hydrogen) atoms. The number of amides is 2. The van der Waals surface area contributed by atoms with Crippen molar-refractivity contribution in [3.8, 4) is 5.75 Å². The Morgan fingerprint density at radius 3 is 2.36 bits per heavy atom. The lowest BCUT2D eigenvalue weighted by Crippen LogP contribution is -2.17. The van der Waals surface area contributed by atoms with E-state index >= 15 is 0 Å². The van der Waals surface area contributed by atoms with E-state index in [1.807, 2.05) is 31.2 Å². The molecule has 0 saturated carbocycles. The van der Waals surface area contributed by atoms with E-state index in [1.54, 1.807) is 37.6 Å². The second kappa shape index (κ2) is 9.22. The number of nitrogens with one attached hydrogen (secondary N) is 2. The normalized spacial score (nSPS) is 10.5. The molecule has 0 aliphatic rings. The number of benzene rings is 2. The number of methoxy groups -OCH3 is 1. The Morgan fingerprint density at radius 2 is 1.76 bits per heavy atom. The van der Waals surface area contributed by atoms with Crippen LogP contribution >= 0.6 is 0 Å². The van der Waals surface area contributed by atoms with E-state index in [0.717, 1.165) is 17.7 Å². The van der Waals surface area contributed by atoms with Crippen LogP contribution in [0.1, 0.15) is 35.7 Å². The van der Waals surface area contributed by atoms with Gasteiger partial charge < -0.3 is 10.1 Å². The monoisotopic (exact) mass is 339 g/mol. The Labute approximate surface area is 146 Å². The number of rotatable bonds is 7. The van der Waals surface area contributed by atoms with E-state index in [1.165, 1.54) is 0 Å². The Kier molecular flexibility index (Phi) is 6.71. The average molecular weight is 339 g/mol. The van der Waals surface area contributed by atoms with Crippen molar-refractivity contribution >= 4 is 23.7 Å². The molecule has 0 aliphatic carbocycles. The maximum Gasteiger partial charge on any atom is 0.271 e. The quantitative estimate of drug-likeness (QED) is 0.600. The minimum Gasteiger partial charge on any atom is -0.497 e. The van der Waals surface area contributed by atoms with Gasteiger partial charge in [0.25, 0.3) is 5.91 Å². The maximum absolute atomic E-state index is 12.0. The molecule has 2 amide bonds. The first kappa shape index (κ1) is 18.2. The highest BCUT2D eigenvalue weighted by Crippen LogP contribution is 2.11. The molecule has 130 valence electrons. The molecule has 2 rings (SSSR count). The second-order valence-electron chi connectivity index (χ2n) is 5.35. The Balaban J connectivity index is 1.89. The molecule has 2 N–H and O–H groups in total. The molecule has 6 nitrogen and oxygen atoms in total. The number of hydrogen-bond donors (Lipinski definition) is 2. The molecule has 0 saturated heterocycles. The summed E-state index contributed by atoms with van der Waals surface area (Å²) in [5, 5.41) is 6.71. The van der Waals surface area contributed by atoms with Crippen LogP contribution in [0.2, 0.25) is 0 Å². The van der Waals surface area contributed by atoms with Gasteiger partial charge in [-0.3, -0.25) is 9.59 Å². The first-order valence-corrected chi connectivity index (χ1v) is 7.99. The zero-order chi connectivity index (χ0) is 18.1. The third-order valence-corrected chi connectivity index (χ3v) is 3.40. The summed E-state index contributed by atoms with van der Waals surface area (Å²) in [7, 11) is 1.60. The van der Waals surface area contributed by atoms with Gasteiger partial charge in [0, 0.05) is 17.7 Å². The van der Waals surface area contributed by atoms with Gasteiger partial charge in [0.15, 0.2) is 0 Å². The lowest BCUT2D eigenvalue weighted by molar-refractivity contribution is -0.116. The SMILES string of the molecule is CCCC(=O)Nc1ccc(C(=O)N/N=C/c2ccc(OC)cc2)cc1. The topological polar surface area (TPSA) is 79.8 Å². The minimum absolute atomic E-state index is 0.0382.